The van der Waals surface area contributed by atoms with Gasteiger partial charge in [0.2, 0.25) is 0 Å². The zero-order valence-corrected chi connectivity index (χ0v) is 32.2. The Morgan fingerprint density at radius 2 is 0.977 bits per heavy atom. The average molecular weight is 631 g/mol. The molecule has 0 bridgehead atoms. The predicted molar refractivity (Wildman–Crippen MR) is 206 cm³/mol. The predicted octanol–water partition coefficient (Wildman–Crippen LogP) is 12.9. The molecule has 2 atom stereocenters. The lowest BCUT2D eigenvalue weighted by Gasteiger charge is -2.29. The van der Waals surface area contributed by atoms with E-state index in [1.54, 1.807) is 32.9 Å². The molecule has 3 aromatic carbocycles. The van der Waals surface area contributed by atoms with E-state index < -0.39 is 0 Å². The van der Waals surface area contributed by atoms with Gasteiger partial charge in [0.15, 0.2) is 0 Å². The van der Waals surface area contributed by atoms with Crippen molar-refractivity contribution in [1.29, 1.82) is 0 Å². The summed E-state index contributed by atoms with van der Waals surface area (Å²) in [6.07, 6.45) is 7.89. The van der Waals surface area contributed by atoms with Crippen molar-refractivity contribution in [1.82, 2.24) is 0 Å². The summed E-state index contributed by atoms with van der Waals surface area (Å²) in [7, 11) is 0.654. The molecule has 2 unspecified atom stereocenters. The maximum Gasteiger partial charge on any atom is -0.00326 e. The van der Waals surface area contributed by atoms with Gasteiger partial charge in [-0.3, -0.25) is 0 Å². The molecule has 3 aromatic rings. The average Bonchev–Trinajstić information content (AvgIpc) is 2.97. The molecule has 0 spiro atoms. The highest BCUT2D eigenvalue weighted by molar-refractivity contribution is 7.65. The number of rotatable bonds is 16. The topological polar surface area (TPSA) is 0 Å². The minimum atomic E-state index is -0.270. The van der Waals surface area contributed by atoms with Crippen LogP contribution < -0.4 is 10.6 Å². The van der Waals surface area contributed by atoms with Crippen molar-refractivity contribution in [3.05, 3.63) is 93.5 Å². The molecule has 3 rings (SSSR count). The summed E-state index contributed by atoms with van der Waals surface area (Å²) >= 11 is 0. The fraction of sp³-hybridized carbons (Fsp3) is 0.571. The molecule has 0 aliphatic heterocycles. The first-order valence-corrected chi connectivity index (χ1v) is 20.6. The summed E-state index contributed by atoms with van der Waals surface area (Å²) in [6.45, 7) is 28.6. The van der Waals surface area contributed by atoms with Crippen LogP contribution in [0.25, 0.3) is 0 Å². The molecule has 0 aliphatic carbocycles. The van der Waals surface area contributed by atoms with E-state index in [-0.39, 0.29) is 7.92 Å². The lowest BCUT2D eigenvalue weighted by atomic mass is 9.89. The van der Waals surface area contributed by atoms with E-state index in [9.17, 15) is 0 Å². The maximum absolute atomic E-state index is 2.57. The van der Waals surface area contributed by atoms with Gasteiger partial charge in [0, 0.05) is 0 Å². The summed E-state index contributed by atoms with van der Waals surface area (Å²) in [4.78, 5) is 0. The summed E-state index contributed by atoms with van der Waals surface area (Å²) in [5, 5.41) is 3.41. The van der Waals surface area contributed by atoms with Gasteiger partial charge in [-0.25, -0.2) is 0 Å². The molecule has 0 fully saturated rings. The Balaban J connectivity index is 1.81. The lowest BCUT2D eigenvalue weighted by Crippen LogP contribution is -2.20. The van der Waals surface area contributed by atoms with Crippen LogP contribution in [0.2, 0.25) is 0 Å². The molecule has 0 saturated carbocycles. The van der Waals surface area contributed by atoms with E-state index in [2.05, 4.69) is 138 Å². The SMILES string of the molecule is CC(C)c1cc(C(C)C)c(PCCCCCP(Cc2ccccc2)c2c(C(C)C)cc(C(C)C)cc2C(C)C)c(C(C)C)c1. The highest BCUT2D eigenvalue weighted by Crippen LogP contribution is 2.45. The number of hydrogen-bond acceptors (Lipinski definition) is 0. The monoisotopic (exact) mass is 630 g/mol. The van der Waals surface area contributed by atoms with Crippen LogP contribution >= 0.6 is 16.5 Å². The van der Waals surface area contributed by atoms with E-state index >= 15 is 0 Å². The standard InChI is InChI=1S/C42H64P2/c1-28(2)35-23-37(30(5)6)41(38(24-35)31(7)8)43-21-17-14-18-22-44(27-34-19-15-13-16-20-34)42-39(32(9)10)25-36(29(3)4)26-40(42)33(11)12/h13,15-16,19-20,23-26,28-33,43H,14,17-18,21-22,27H2,1-12H3. The molecule has 0 aromatic heterocycles. The molecule has 0 N–H and O–H groups in total. The molecule has 242 valence electrons. The van der Waals surface area contributed by atoms with E-state index in [0.717, 1.165) is 8.58 Å². The maximum atomic E-state index is 2.57. The molecular formula is C42H64P2. The third-order valence-corrected chi connectivity index (χ3v) is 13.5. The fourth-order valence-electron chi connectivity index (χ4n) is 6.33. The van der Waals surface area contributed by atoms with Gasteiger partial charge in [-0.15, -0.1) is 0 Å². The van der Waals surface area contributed by atoms with E-state index in [1.165, 1.54) is 54.4 Å². The normalized spacial score (nSPS) is 13.2. The molecule has 0 aliphatic rings. The molecule has 0 heterocycles. The van der Waals surface area contributed by atoms with Crippen molar-refractivity contribution in [2.45, 2.75) is 144 Å². The lowest BCUT2D eigenvalue weighted by molar-refractivity contribution is 0.780. The van der Waals surface area contributed by atoms with Gasteiger partial charge < -0.3 is 0 Å². The van der Waals surface area contributed by atoms with Crippen LogP contribution in [0, 0.1) is 0 Å². The van der Waals surface area contributed by atoms with Crippen molar-refractivity contribution >= 4 is 27.1 Å². The van der Waals surface area contributed by atoms with Crippen molar-refractivity contribution in [2.75, 3.05) is 12.3 Å². The van der Waals surface area contributed by atoms with Crippen LogP contribution in [0.5, 0.6) is 0 Å². The second-order valence-corrected chi connectivity index (χ2v) is 18.6. The number of benzene rings is 3. The quantitative estimate of drug-likeness (QED) is 0.109. The van der Waals surface area contributed by atoms with Crippen molar-refractivity contribution in [3.63, 3.8) is 0 Å². The van der Waals surface area contributed by atoms with Gasteiger partial charge in [-0.2, -0.15) is 0 Å². The molecule has 0 saturated heterocycles. The molecule has 0 radical (unpaired) electrons. The Labute approximate surface area is 276 Å². The zero-order valence-electron chi connectivity index (χ0n) is 30.4. The summed E-state index contributed by atoms with van der Waals surface area (Å²) in [6, 6.07) is 21.5. The highest BCUT2D eigenvalue weighted by Gasteiger charge is 2.24. The Bertz CT molecular complexity index is 1240. The van der Waals surface area contributed by atoms with Crippen molar-refractivity contribution < 1.29 is 0 Å². The van der Waals surface area contributed by atoms with E-state index in [4.69, 9.17) is 0 Å². The zero-order chi connectivity index (χ0) is 32.6. The van der Waals surface area contributed by atoms with E-state index in [0.29, 0.717) is 35.5 Å². The van der Waals surface area contributed by atoms with Gasteiger partial charge in [0.05, 0.1) is 0 Å². The molecule has 0 nitrogen and oxygen atoms in total. The molecule has 2 heteroatoms. The first kappa shape index (κ1) is 37.0. The van der Waals surface area contributed by atoms with Gasteiger partial charge in [-0.1, -0.05) is 161 Å². The molecule has 0 amide bonds. The summed E-state index contributed by atoms with van der Waals surface area (Å²) in [5.74, 6) is 3.42. The third-order valence-electron chi connectivity index (χ3n) is 9.17. The fourth-order valence-corrected chi connectivity index (χ4v) is 11.3. The van der Waals surface area contributed by atoms with Crippen molar-refractivity contribution in [3.8, 4) is 0 Å². The van der Waals surface area contributed by atoms with Gasteiger partial charge in [0.1, 0.15) is 0 Å². The first-order valence-electron chi connectivity index (χ1n) is 17.7. The van der Waals surface area contributed by atoms with Crippen LogP contribution in [-0.2, 0) is 6.16 Å². The summed E-state index contributed by atoms with van der Waals surface area (Å²) in [5.41, 5.74) is 11.0. The third kappa shape index (κ3) is 10.0. The van der Waals surface area contributed by atoms with Gasteiger partial charge in [-0.05, 0) is 116 Å². The Morgan fingerprint density at radius 1 is 0.523 bits per heavy atom. The van der Waals surface area contributed by atoms with E-state index in [1.807, 2.05) is 0 Å². The second kappa shape index (κ2) is 17.4. The van der Waals surface area contributed by atoms with Gasteiger partial charge in [0.25, 0.3) is 0 Å². The van der Waals surface area contributed by atoms with Crippen LogP contribution in [0.15, 0.2) is 54.6 Å². The second-order valence-electron chi connectivity index (χ2n) is 14.9. The Kier molecular flexibility index (Phi) is 14.7. The van der Waals surface area contributed by atoms with Crippen LogP contribution in [0.1, 0.15) is 177 Å². The first-order chi connectivity index (χ1) is 20.8. The molecular weight excluding hydrogens is 566 g/mol. The molecule has 44 heavy (non-hydrogen) atoms. The number of unbranched alkanes of at least 4 members (excludes halogenated alkanes) is 2. The number of hydrogen-bond donors (Lipinski definition) is 0. The minimum Gasteiger partial charge on any atom is -0.0898 e. The summed E-state index contributed by atoms with van der Waals surface area (Å²) < 4.78 is 0. The van der Waals surface area contributed by atoms with Crippen LogP contribution in [0.3, 0.4) is 0 Å². The Hall–Kier alpha value is -1.48. The largest absolute Gasteiger partial charge is 0.0898 e. The minimum absolute atomic E-state index is 0.270. The highest BCUT2D eigenvalue weighted by atomic mass is 31.1. The van der Waals surface area contributed by atoms with Crippen molar-refractivity contribution in [2.24, 2.45) is 0 Å². The van der Waals surface area contributed by atoms with Crippen LogP contribution in [-0.4, -0.2) is 12.3 Å². The Morgan fingerprint density at radius 3 is 1.41 bits per heavy atom. The smallest absolute Gasteiger partial charge is 0.00326 e. The van der Waals surface area contributed by atoms with Gasteiger partial charge >= 0.3 is 0 Å². The van der Waals surface area contributed by atoms with Crippen LogP contribution in [0.4, 0.5) is 0 Å².